The van der Waals surface area contributed by atoms with Gasteiger partial charge >= 0.3 is 6.18 Å². The van der Waals surface area contributed by atoms with Gasteiger partial charge in [0, 0.05) is 17.6 Å². The van der Waals surface area contributed by atoms with E-state index in [4.69, 9.17) is 0 Å². The summed E-state index contributed by atoms with van der Waals surface area (Å²) >= 11 is 0. The second-order valence-corrected chi connectivity index (χ2v) is 6.63. The largest absolute Gasteiger partial charge is 0.506 e. The van der Waals surface area contributed by atoms with Crippen molar-refractivity contribution in [1.29, 1.82) is 0 Å². The number of hydrogen-bond donors (Lipinski definition) is 2. The molecule has 0 bridgehead atoms. The number of halogens is 3. The minimum atomic E-state index is -4.49. The maximum atomic E-state index is 12.8. The predicted molar refractivity (Wildman–Crippen MR) is 97.6 cm³/mol. The van der Waals surface area contributed by atoms with Crippen LogP contribution in [0.1, 0.15) is 27.9 Å². The van der Waals surface area contributed by atoms with E-state index in [-0.39, 0.29) is 5.69 Å². The Bertz CT molecular complexity index is 1150. The molecule has 0 aliphatic carbocycles. The van der Waals surface area contributed by atoms with Gasteiger partial charge in [-0.3, -0.25) is 9.59 Å². The van der Waals surface area contributed by atoms with E-state index in [0.29, 0.717) is 17.4 Å². The maximum Gasteiger partial charge on any atom is 0.416 e. The molecule has 2 N–H and O–H groups in total. The van der Waals surface area contributed by atoms with Crippen LogP contribution in [0.25, 0.3) is 10.9 Å². The Morgan fingerprint density at radius 2 is 1.82 bits per heavy atom. The summed E-state index contributed by atoms with van der Waals surface area (Å²) in [5.41, 5.74) is -0.276. The normalized spacial score (nSPS) is 13.5. The van der Waals surface area contributed by atoms with Crippen LogP contribution in [0.3, 0.4) is 0 Å². The Kier molecular flexibility index (Phi) is 4.14. The number of alkyl halides is 3. The van der Waals surface area contributed by atoms with E-state index >= 15 is 0 Å². The molecule has 1 aromatic heterocycles. The number of hydrogen-bond acceptors (Lipinski definition) is 3. The van der Waals surface area contributed by atoms with Crippen molar-refractivity contribution in [3.8, 4) is 5.75 Å². The molecule has 0 unspecified atom stereocenters. The van der Waals surface area contributed by atoms with Crippen LogP contribution in [0.2, 0.25) is 0 Å². The summed E-state index contributed by atoms with van der Waals surface area (Å²) < 4.78 is 39.4. The lowest BCUT2D eigenvalue weighted by atomic mass is 9.99. The topological polar surface area (TPSA) is 71.3 Å². The van der Waals surface area contributed by atoms with Crippen LogP contribution in [-0.2, 0) is 19.1 Å². The Balaban J connectivity index is 1.75. The lowest BCUT2D eigenvalue weighted by Gasteiger charge is -2.21. The number of nitrogens with one attached hydrogen (secondary N) is 1. The van der Waals surface area contributed by atoms with Crippen LogP contribution >= 0.6 is 0 Å². The molecule has 0 saturated heterocycles. The molecular formula is C20H15F3N2O3. The molecule has 8 heteroatoms. The molecule has 2 heterocycles. The van der Waals surface area contributed by atoms with Gasteiger partial charge in [0.15, 0.2) is 0 Å². The Hall–Kier alpha value is -3.29. The summed E-state index contributed by atoms with van der Waals surface area (Å²) in [5.74, 6) is -1.30. The number of aryl methyl sites for hydroxylation is 2. The SMILES string of the molecule is O=C(Nc1ccc(C(F)(F)F)cc1)c1c(O)c2cccc3c2n(c1=O)CCC3. The minimum Gasteiger partial charge on any atom is -0.506 e. The maximum absolute atomic E-state index is 12.8. The van der Waals surface area contributed by atoms with E-state index in [2.05, 4.69) is 5.32 Å². The van der Waals surface area contributed by atoms with Gasteiger partial charge in [-0.25, -0.2) is 0 Å². The molecule has 144 valence electrons. The van der Waals surface area contributed by atoms with Crippen molar-refractivity contribution < 1.29 is 23.1 Å². The van der Waals surface area contributed by atoms with Crippen LogP contribution < -0.4 is 10.9 Å². The minimum absolute atomic E-state index is 0.0873. The molecular weight excluding hydrogens is 373 g/mol. The highest BCUT2D eigenvalue weighted by atomic mass is 19.4. The highest BCUT2D eigenvalue weighted by Gasteiger charge is 2.30. The van der Waals surface area contributed by atoms with Crippen molar-refractivity contribution in [1.82, 2.24) is 4.57 Å². The quantitative estimate of drug-likeness (QED) is 0.699. The number of aromatic hydroxyl groups is 1. The number of pyridine rings is 1. The molecule has 2 aromatic carbocycles. The molecule has 5 nitrogen and oxygen atoms in total. The predicted octanol–water partition coefficient (Wildman–Crippen LogP) is 3.92. The molecule has 0 atom stereocenters. The van der Waals surface area contributed by atoms with E-state index in [1.807, 2.05) is 6.07 Å². The standard InChI is InChI=1S/C20H15F3N2O3/c21-20(22,23)12-6-8-13(9-7-12)24-18(27)15-17(26)14-5-1-3-11-4-2-10-25(16(11)14)19(15)28/h1,3,5-9,26H,2,4,10H2,(H,24,27). The zero-order valence-corrected chi connectivity index (χ0v) is 14.5. The average Bonchev–Trinajstić information content (AvgIpc) is 2.66. The number of nitrogens with zero attached hydrogens (tertiary/aromatic N) is 1. The molecule has 0 saturated carbocycles. The zero-order chi connectivity index (χ0) is 20.1. The van der Waals surface area contributed by atoms with Crippen molar-refractivity contribution in [3.63, 3.8) is 0 Å². The van der Waals surface area contributed by atoms with Crippen LogP contribution in [0.5, 0.6) is 5.75 Å². The molecule has 0 fully saturated rings. The molecule has 0 spiro atoms. The number of anilines is 1. The van der Waals surface area contributed by atoms with Gasteiger partial charge in [0.25, 0.3) is 11.5 Å². The zero-order valence-electron chi connectivity index (χ0n) is 14.5. The van der Waals surface area contributed by atoms with Crippen molar-refractivity contribution in [2.45, 2.75) is 25.6 Å². The number of aromatic nitrogens is 1. The molecule has 1 aliphatic rings. The van der Waals surface area contributed by atoms with Crippen molar-refractivity contribution in [3.05, 3.63) is 69.5 Å². The number of carbonyl (C=O) groups excluding carboxylic acids is 1. The molecule has 1 aliphatic heterocycles. The van der Waals surface area contributed by atoms with Gasteiger partial charge in [0.1, 0.15) is 11.3 Å². The van der Waals surface area contributed by atoms with Crippen LogP contribution in [-0.4, -0.2) is 15.6 Å². The highest BCUT2D eigenvalue weighted by molar-refractivity contribution is 6.09. The molecule has 1 amide bonds. The van der Waals surface area contributed by atoms with E-state index in [0.717, 1.165) is 42.7 Å². The number of para-hydroxylation sites is 1. The summed E-state index contributed by atoms with van der Waals surface area (Å²) in [6, 6.07) is 9.10. The van der Waals surface area contributed by atoms with Crippen molar-refractivity contribution in [2.75, 3.05) is 5.32 Å². The van der Waals surface area contributed by atoms with Gasteiger partial charge in [-0.2, -0.15) is 13.2 Å². The lowest BCUT2D eigenvalue weighted by molar-refractivity contribution is -0.137. The van der Waals surface area contributed by atoms with E-state index in [1.54, 1.807) is 12.1 Å². The monoisotopic (exact) mass is 388 g/mol. The van der Waals surface area contributed by atoms with E-state index in [1.165, 1.54) is 4.57 Å². The first-order chi connectivity index (χ1) is 13.3. The summed E-state index contributed by atoms with van der Waals surface area (Å²) in [6.07, 6.45) is -2.98. The smallest absolute Gasteiger partial charge is 0.416 e. The molecule has 4 rings (SSSR count). The Labute approximate surface area is 157 Å². The summed E-state index contributed by atoms with van der Waals surface area (Å²) in [7, 11) is 0. The summed E-state index contributed by atoms with van der Waals surface area (Å²) in [6.45, 7) is 0.424. The number of benzene rings is 2. The number of rotatable bonds is 2. The fourth-order valence-electron chi connectivity index (χ4n) is 3.56. The van der Waals surface area contributed by atoms with Gasteiger partial charge in [0.2, 0.25) is 0 Å². The fraction of sp³-hybridized carbons (Fsp3) is 0.200. The summed E-state index contributed by atoms with van der Waals surface area (Å²) in [5, 5.41) is 13.4. The fourth-order valence-corrected chi connectivity index (χ4v) is 3.56. The van der Waals surface area contributed by atoms with E-state index < -0.39 is 34.5 Å². The average molecular weight is 388 g/mol. The third kappa shape index (κ3) is 2.90. The lowest BCUT2D eigenvalue weighted by Crippen LogP contribution is -2.31. The third-order valence-corrected chi connectivity index (χ3v) is 4.87. The highest BCUT2D eigenvalue weighted by Crippen LogP contribution is 2.32. The Morgan fingerprint density at radius 3 is 2.50 bits per heavy atom. The molecule has 0 radical (unpaired) electrons. The van der Waals surface area contributed by atoms with Gasteiger partial charge in [0.05, 0.1) is 11.1 Å². The van der Waals surface area contributed by atoms with Crippen LogP contribution in [0.15, 0.2) is 47.3 Å². The van der Waals surface area contributed by atoms with Gasteiger partial charge in [-0.15, -0.1) is 0 Å². The van der Waals surface area contributed by atoms with Crippen LogP contribution in [0.4, 0.5) is 18.9 Å². The van der Waals surface area contributed by atoms with Gasteiger partial charge in [-0.05, 0) is 48.7 Å². The first-order valence-corrected chi connectivity index (χ1v) is 8.63. The van der Waals surface area contributed by atoms with Gasteiger partial charge < -0.3 is 15.0 Å². The first kappa shape index (κ1) is 18.1. The number of amides is 1. The van der Waals surface area contributed by atoms with Crippen molar-refractivity contribution >= 4 is 22.5 Å². The van der Waals surface area contributed by atoms with E-state index in [9.17, 15) is 27.9 Å². The number of carbonyl (C=O) groups is 1. The molecule has 28 heavy (non-hydrogen) atoms. The first-order valence-electron chi connectivity index (χ1n) is 8.63. The molecule has 3 aromatic rings. The second-order valence-electron chi connectivity index (χ2n) is 6.63. The van der Waals surface area contributed by atoms with Crippen molar-refractivity contribution in [2.24, 2.45) is 0 Å². The second kappa shape index (κ2) is 6.40. The van der Waals surface area contributed by atoms with Gasteiger partial charge in [-0.1, -0.05) is 12.1 Å². The Morgan fingerprint density at radius 1 is 1.11 bits per heavy atom. The summed E-state index contributed by atoms with van der Waals surface area (Å²) in [4.78, 5) is 25.5. The van der Waals surface area contributed by atoms with Crippen LogP contribution in [0, 0.1) is 0 Å². The third-order valence-electron chi connectivity index (χ3n) is 4.87.